The van der Waals surface area contributed by atoms with Crippen LogP contribution in [0.1, 0.15) is 16.1 Å². The molecular formula is C12H12FN3S. The summed E-state index contributed by atoms with van der Waals surface area (Å²) >= 11 is 1.53. The Morgan fingerprint density at radius 2 is 2.18 bits per heavy atom. The first-order valence-corrected chi connectivity index (χ1v) is 6.24. The van der Waals surface area contributed by atoms with Crippen molar-refractivity contribution in [3.63, 3.8) is 0 Å². The molecular weight excluding hydrogens is 237 g/mol. The predicted octanol–water partition coefficient (Wildman–Crippen LogP) is 2.38. The van der Waals surface area contributed by atoms with Crippen molar-refractivity contribution in [2.24, 2.45) is 0 Å². The van der Waals surface area contributed by atoms with Crippen molar-refractivity contribution in [1.82, 2.24) is 9.88 Å². The monoisotopic (exact) mass is 249 g/mol. The molecule has 0 bridgehead atoms. The lowest BCUT2D eigenvalue weighted by atomic mass is 10.2. The molecule has 2 aromatic rings. The lowest BCUT2D eigenvalue weighted by Crippen LogP contribution is -2.16. The van der Waals surface area contributed by atoms with Crippen molar-refractivity contribution in [3.8, 4) is 0 Å². The van der Waals surface area contributed by atoms with Gasteiger partial charge in [0.05, 0.1) is 5.69 Å². The van der Waals surface area contributed by atoms with E-state index in [2.05, 4.69) is 9.88 Å². The Morgan fingerprint density at radius 3 is 2.94 bits per heavy atom. The Bertz CT molecular complexity index is 529. The smallest absolute Gasteiger partial charge is 0.180 e. The van der Waals surface area contributed by atoms with E-state index in [0.29, 0.717) is 11.7 Å². The number of nitrogens with two attached hydrogens (primary N) is 1. The van der Waals surface area contributed by atoms with Crippen LogP contribution < -0.4 is 5.73 Å². The molecule has 0 saturated carbocycles. The Morgan fingerprint density at radius 1 is 1.35 bits per heavy atom. The zero-order valence-electron chi connectivity index (χ0n) is 9.19. The largest absolute Gasteiger partial charge is 0.375 e. The lowest BCUT2D eigenvalue weighted by Gasteiger charge is -2.14. The third-order valence-corrected chi connectivity index (χ3v) is 3.80. The highest BCUT2D eigenvalue weighted by Gasteiger charge is 2.23. The number of benzene rings is 1. The molecule has 17 heavy (non-hydrogen) atoms. The number of fused-ring (bicyclic) bond motifs is 1. The van der Waals surface area contributed by atoms with Gasteiger partial charge < -0.3 is 5.73 Å². The van der Waals surface area contributed by atoms with Crippen LogP contribution in [0.4, 0.5) is 9.52 Å². The lowest BCUT2D eigenvalue weighted by molar-refractivity contribution is 0.270. The quantitative estimate of drug-likeness (QED) is 0.888. The Labute approximate surface area is 103 Å². The fourth-order valence-electron chi connectivity index (χ4n) is 2.10. The summed E-state index contributed by atoms with van der Waals surface area (Å²) in [6.07, 6.45) is 0. The fraction of sp³-hybridized carbons (Fsp3) is 0.250. The zero-order chi connectivity index (χ0) is 11.8. The van der Waals surface area contributed by atoms with Crippen LogP contribution in [0.3, 0.4) is 0 Å². The molecule has 5 heteroatoms. The molecule has 1 aliphatic rings. The summed E-state index contributed by atoms with van der Waals surface area (Å²) in [5.74, 6) is -0.143. The zero-order valence-corrected chi connectivity index (χ0v) is 10.0. The molecule has 0 aliphatic carbocycles. The van der Waals surface area contributed by atoms with Crippen LogP contribution in [-0.4, -0.2) is 9.88 Å². The molecule has 3 rings (SSSR count). The Balaban J connectivity index is 1.74. The van der Waals surface area contributed by atoms with Gasteiger partial charge in [0.1, 0.15) is 5.82 Å². The second kappa shape index (κ2) is 4.09. The first-order valence-electron chi connectivity index (χ1n) is 5.42. The van der Waals surface area contributed by atoms with E-state index in [4.69, 9.17) is 5.73 Å². The topological polar surface area (TPSA) is 42.1 Å². The second-order valence-electron chi connectivity index (χ2n) is 4.16. The molecule has 2 N–H and O–H groups in total. The number of nitrogens with zero attached hydrogens (tertiary/aromatic N) is 2. The van der Waals surface area contributed by atoms with Crippen molar-refractivity contribution in [2.75, 3.05) is 5.73 Å². The van der Waals surface area contributed by atoms with E-state index in [1.807, 2.05) is 12.1 Å². The van der Waals surface area contributed by atoms with Gasteiger partial charge in [-0.05, 0) is 6.07 Å². The van der Waals surface area contributed by atoms with Crippen LogP contribution in [0, 0.1) is 5.82 Å². The predicted molar refractivity (Wildman–Crippen MR) is 65.9 cm³/mol. The number of rotatable bonds is 2. The molecule has 0 amide bonds. The molecule has 0 fully saturated rings. The molecule has 0 unspecified atom stereocenters. The van der Waals surface area contributed by atoms with Gasteiger partial charge in [-0.3, -0.25) is 4.90 Å². The van der Waals surface area contributed by atoms with E-state index in [1.165, 1.54) is 22.3 Å². The van der Waals surface area contributed by atoms with E-state index < -0.39 is 0 Å². The van der Waals surface area contributed by atoms with Crippen molar-refractivity contribution < 1.29 is 4.39 Å². The van der Waals surface area contributed by atoms with Gasteiger partial charge >= 0.3 is 0 Å². The number of halogens is 1. The maximum absolute atomic E-state index is 13.5. The number of hydrogen-bond acceptors (Lipinski definition) is 4. The molecule has 0 atom stereocenters. The summed E-state index contributed by atoms with van der Waals surface area (Å²) in [6, 6.07) is 6.89. The summed E-state index contributed by atoms with van der Waals surface area (Å²) in [4.78, 5) is 7.65. The summed E-state index contributed by atoms with van der Waals surface area (Å²) < 4.78 is 13.5. The Hall–Kier alpha value is -1.46. The maximum Gasteiger partial charge on any atom is 0.180 e. The minimum atomic E-state index is -0.143. The minimum absolute atomic E-state index is 0.143. The molecule has 3 nitrogen and oxygen atoms in total. The fourth-order valence-corrected chi connectivity index (χ4v) is 2.98. The van der Waals surface area contributed by atoms with Gasteiger partial charge in [0.2, 0.25) is 0 Å². The number of thiazole rings is 1. The maximum atomic E-state index is 13.5. The first kappa shape index (κ1) is 10.7. The molecule has 1 aliphatic heterocycles. The average molecular weight is 249 g/mol. The highest BCUT2D eigenvalue weighted by molar-refractivity contribution is 7.15. The third kappa shape index (κ3) is 2.03. The van der Waals surface area contributed by atoms with Gasteiger partial charge in [-0.25, -0.2) is 9.37 Å². The van der Waals surface area contributed by atoms with Crippen molar-refractivity contribution in [1.29, 1.82) is 0 Å². The summed E-state index contributed by atoms with van der Waals surface area (Å²) in [5, 5.41) is 0.626. The molecule has 0 spiro atoms. The van der Waals surface area contributed by atoms with E-state index >= 15 is 0 Å². The van der Waals surface area contributed by atoms with Gasteiger partial charge in [-0.15, -0.1) is 11.3 Å². The second-order valence-corrected chi connectivity index (χ2v) is 5.27. The van der Waals surface area contributed by atoms with Crippen LogP contribution in [0.2, 0.25) is 0 Å². The molecule has 2 heterocycles. The molecule has 88 valence electrons. The van der Waals surface area contributed by atoms with Crippen molar-refractivity contribution in [2.45, 2.75) is 19.6 Å². The van der Waals surface area contributed by atoms with E-state index in [1.54, 1.807) is 6.07 Å². The summed E-state index contributed by atoms with van der Waals surface area (Å²) in [6.45, 7) is 2.20. The normalized spacial score (nSPS) is 15.1. The molecule has 1 aromatic heterocycles. The molecule has 0 saturated heterocycles. The van der Waals surface area contributed by atoms with Crippen LogP contribution in [-0.2, 0) is 19.6 Å². The van der Waals surface area contributed by atoms with Crippen molar-refractivity contribution in [3.05, 3.63) is 46.2 Å². The average Bonchev–Trinajstić information content (AvgIpc) is 2.78. The molecule has 1 aromatic carbocycles. The van der Waals surface area contributed by atoms with Gasteiger partial charge in [0.15, 0.2) is 5.13 Å². The highest BCUT2D eigenvalue weighted by Crippen LogP contribution is 2.30. The number of anilines is 1. The van der Waals surface area contributed by atoms with Crippen LogP contribution in [0.25, 0.3) is 0 Å². The SMILES string of the molecule is Nc1nc2c(s1)CN(Cc1ccccc1F)C2. The van der Waals surface area contributed by atoms with Crippen LogP contribution >= 0.6 is 11.3 Å². The first-order chi connectivity index (χ1) is 8.22. The number of hydrogen-bond donors (Lipinski definition) is 1. The minimum Gasteiger partial charge on any atom is -0.375 e. The standard InChI is InChI=1S/C12H12FN3S/c13-9-4-2-1-3-8(9)5-16-6-10-11(7-16)17-12(14)15-10/h1-4H,5-7H2,(H2,14,15). The van der Waals surface area contributed by atoms with E-state index in [9.17, 15) is 4.39 Å². The summed E-state index contributed by atoms with van der Waals surface area (Å²) in [7, 11) is 0. The highest BCUT2D eigenvalue weighted by atomic mass is 32.1. The van der Waals surface area contributed by atoms with Gasteiger partial charge in [-0.2, -0.15) is 0 Å². The van der Waals surface area contributed by atoms with Gasteiger partial charge in [-0.1, -0.05) is 18.2 Å². The van der Waals surface area contributed by atoms with Crippen LogP contribution in [0.5, 0.6) is 0 Å². The summed E-state index contributed by atoms with van der Waals surface area (Å²) in [5.41, 5.74) is 7.42. The third-order valence-electron chi connectivity index (χ3n) is 2.89. The number of nitrogen functional groups attached to an aromatic ring is 1. The van der Waals surface area contributed by atoms with Crippen molar-refractivity contribution >= 4 is 16.5 Å². The van der Waals surface area contributed by atoms with E-state index in [0.717, 1.165) is 24.3 Å². The Kier molecular flexibility index (Phi) is 2.57. The molecule has 0 radical (unpaired) electrons. The van der Waals surface area contributed by atoms with Gasteiger partial charge in [0.25, 0.3) is 0 Å². The number of aromatic nitrogens is 1. The van der Waals surface area contributed by atoms with E-state index in [-0.39, 0.29) is 5.82 Å². The van der Waals surface area contributed by atoms with Crippen LogP contribution in [0.15, 0.2) is 24.3 Å². The van der Waals surface area contributed by atoms with Gasteiger partial charge in [0, 0.05) is 30.1 Å².